The molecule has 4 radical (unpaired) electrons. The Morgan fingerprint density at radius 2 is 1.17 bits per heavy atom. The average molecular weight is 293 g/mol. The number of hydrogen-bond donors (Lipinski definition) is 0. The van der Waals surface area contributed by atoms with Crippen LogP contribution in [0.3, 0.4) is 0 Å². The smallest absolute Gasteiger partial charge is 0 e. The largest absolute Gasteiger partial charge is 0.138 e. The maximum atomic E-state index is 2.79. The summed E-state index contributed by atoms with van der Waals surface area (Å²) in [5.41, 5.74) is 0. The van der Waals surface area contributed by atoms with Gasteiger partial charge in [-0.2, -0.15) is 0 Å². The van der Waals surface area contributed by atoms with Crippen molar-refractivity contribution < 1.29 is 0 Å². The summed E-state index contributed by atoms with van der Waals surface area (Å²) >= 11 is 0. The predicted octanol–water partition coefficient (Wildman–Crippen LogP) is 3.62. The maximum absolute atomic E-state index is 2.79. The molecular weight excluding hydrogens is 270 g/mol. The van der Waals surface area contributed by atoms with Crippen molar-refractivity contribution in [2.75, 3.05) is 6.16 Å². The summed E-state index contributed by atoms with van der Waals surface area (Å²) in [5.74, 6) is 0. The van der Waals surface area contributed by atoms with Crippen LogP contribution in [0.1, 0.15) is 58.3 Å². The fourth-order valence-corrected chi connectivity index (χ4v) is 1.57. The van der Waals surface area contributed by atoms with Crippen LogP contribution in [0, 0.1) is 0 Å². The fraction of sp³-hybridized carbons (Fsp3) is 1.00. The second-order valence-corrected chi connectivity index (χ2v) is 3.84. The molecule has 0 spiro atoms. The summed E-state index contributed by atoms with van der Waals surface area (Å²) in [5, 5.41) is 0. The molecule has 1 unspecified atom stereocenters. The van der Waals surface area contributed by atoms with Gasteiger partial charge in [0.1, 0.15) is 0 Å². The van der Waals surface area contributed by atoms with E-state index < -0.39 is 0 Å². The van der Waals surface area contributed by atoms with Crippen LogP contribution in [0.2, 0.25) is 0 Å². The van der Waals surface area contributed by atoms with Gasteiger partial charge in [0, 0.05) is 23.9 Å². The van der Waals surface area contributed by atoms with Gasteiger partial charge >= 0.3 is 0 Å². The van der Waals surface area contributed by atoms with E-state index in [2.05, 4.69) is 16.2 Å². The minimum atomic E-state index is 0. The molecule has 0 aliphatic carbocycles. The van der Waals surface area contributed by atoms with Crippen LogP contribution in [0.5, 0.6) is 0 Å². The molecule has 0 aromatic heterocycles. The summed E-state index contributed by atoms with van der Waals surface area (Å²) in [6, 6.07) is 0. The zero-order chi connectivity index (χ0) is 8.36. The van der Waals surface area contributed by atoms with Gasteiger partial charge in [-0.15, -0.1) is 9.24 Å². The monoisotopic (exact) mass is 294 g/mol. The van der Waals surface area contributed by atoms with E-state index in [1.165, 1.54) is 57.5 Å². The zero-order valence-corrected chi connectivity index (χ0v) is 12.5. The first kappa shape index (κ1) is 15.7. The summed E-state index contributed by atoms with van der Waals surface area (Å²) in [6.07, 6.45) is 12.8. The van der Waals surface area contributed by atoms with E-state index in [-0.39, 0.29) is 23.9 Å². The van der Waals surface area contributed by atoms with E-state index in [1.54, 1.807) is 0 Å². The van der Waals surface area contributed by atoms with Crippen molar-refractivity contribution in [1.29, 1.82) is 0 Å². The van der Waals surface area contributed by atoms with Crippen LogP contribution in [0.15, 0.2) is 0 Å². The molecule has 0 amide bonds. The Kier molecular flexibility index (Phi) is 19.3. The van der Waals surface area contributed by atoms with Crippen LogP contribution >= 0.6 is 9.24 Å². The Hall–Kier alpha value is 1.23. The van der Waals surface area contributed by atoms with Crippen molar-refractivity contribution in [3.8, 4) is 0 Å². The normalized spacial score (nSPS) is 9.50. The second kappa shape index (κ2) is 14.7. The third-order valence-corrected chi connectivity index (χ3v) is 2.47. The molecule has 0 bridgehead atoms. The maximum Gasteiger partial charge on any atom is 0 e. The van der Waals surface area contributed by atoms with E-state index in [4.69, 9.17) is 0 Å². The minimum Gasteiger partial charge on any atom is -0.138 e. The minimum absolute atomic E-state index is 0. The summed E-state index contributed by atoms with van der Waals surface area (Å²) in [7, 11) is 2.79. The molecule has 0 saturated heterocycles. The number of hydrogen-bond acceptors (Lipinski definition) is 0. The van der Waals surface area contributed by atoms with Crippen molar-refractivity contribution in [1.82, 2.24) is 0 Å². The van der Waals surface area contributed by atoms with Gasteiger partial charge in [-0.1, -0.05) is 51.9 Å². The molecule has 1 atom stereocenters. The van der Waals surface area contributed by atoms with Crippen LogP contribution in [-0.4, -0.2) is 30.1 Å². The average Bonchev–Trinajstić information content (AvgIpc) is 2.03. The molecular formula is C10H23PSn. The van der Waals surface area contributed by atoms with Crippen molar-refractivity contribution >= 4 is 33.1 Å². The van der Waals surface area contributed by atoms with Crippen LogP contribution < -0.4 is 0 Å². The van der Waals surface area contributed by atoms with Crippen molar-refractivity contribution in [2.24, 2.45) is 0 Å². The van der Waals surface area contributed by atoms with Crippen molar-refractivity contribution in [3.05, 3.63) is 0 Å². The molecule has 0 heterocycles. The van der Waals surface area contributed by atoms with Gasteiger partial charge in [0.15, 0.2) is 0 Å². The van der Waals surface area contributed by atoms with E-state index >= 15 is 0 Å². The molecule has 0 rings (SSSR count). The van der Waals surface area contributed by atoms with Gasteiger partial charge in [-0.3, -0.25) is 0 Å². The van der Waals surface area contributed by atoms with Gasteiger partial charge in [-0.25, -0.2) is 0 Å². The molecule has 0 aliphatic rings. The Labute approximate surface area is 97.4 Å². The third-order valence-electron chi connectivity index (χ3n) is 2.06. The molecule has 0 aromatic rings. The van der Waals surface area contributed by atoms with Gasteiger partial charge in [-0.05, 0) is 12.6 Å². The van der Waals surface area contributed by atoms with Crippen molar-refractivity contribution in [3.63, 3.8) is 0 Å². The summed E-state index contributed by atoms with van der Waals surface area (Å²) < 4.78 is 0. The Bertz CT molecular complexity index is 58.9. The van der Waals surface area contributed by atoms with Crippen LogP contribution in [0.4, 0.5) is 0 Å². The molecule has 2 heteroatoms. The standard InChI is InChI=1S/C10H23P.Sn/c1-2-3-4-5-6-7-8-9-10-11;/h2-11H2,1H3;. The molecule has 0 aliphatic heterocycles. The predicted molar refractivity (Wildman–Crippen MR) is 62.9 cm³/mol. The second-order valence-electron chi connectivity index (χ2n) is 3.26. The molecule has 0 N–H and O–H groups in total. The molecule has 0 saturated carbocycles. The topological polar surface area (TPSA) is 0 Å². The molecule has 0 fully saturated rings. The zero-order valence-electron chi connectivity index (χ0n) is 8.44. The first-order chi connectivity index (χ1) is 5.41. The first-order valence-electron chi connectivity index (χ1n) is 5.12. The van der Waals surface area contributed by atoms with Crippen LogP contribution in [-0.2, 0) is 0 Å². The van der Waals surface area contributed by atoms with E-state index in [0.717, 1.165) is 0 Å². The Morgan fingerprint density at radius 1 is 0.750 bits per heavy atom. The summed E-state index contributed by atoms with van der Waals surface area (Å²) in [6.45, 7) is 2.27. The molecule has 0 aromatic carbocycles. The van der Waals surface area contributed by atoms with Gasteiger partial charge in [0.2, 0.25) is 0 Å². The van der Waals surface area contributed by atoms with E-state index in [9.17, 15) is 0 Å². The van der Waals surface area contributed by atoms with Crippen LogP contribution in [0.25, 0.3) is 0 Å². The van der Waals surface area contributed by atoms with Gasteiger partial charge in [0.25, 0.3) is 0 Å². The summed E-state index contributed by atoms with van der Waals surface area (Å²) in [4.78, 5) is 0. The van der Waals surface area contributed by atoms with E-state index in [1.807, 2.05) is 0 Å². The Morgan fingerprint density at radius 3 is 1.58 bits per heavy atom. The SMILES string of the molecule is CCCCCCCCCCP.[Sn]. The Balaban J connectivity index is 0. The quantitative estimate of drug-likeness (QED) is 0.364. The molecule has 12 heavy (non-hydrogen) atoms. The van der Waals surface area contributed by atoms with Crippen molar-refractivity contribution in [2.45, 2.75) is 58.3 Å². The number of rotatable bonds is 8. The van der Waals surface area contributed by atoms with Gasteiger partial charge < -0.3 is 0 Å². The number of unbranched alkanes of at least 4 members (excludes halogenated alkanes) is 7. The van der Waals surface area contributed by atoms with E-state index in [0.29, 0.717) is 0 Å². The molecule has 0 nitrogen and oxygen atoms in total. The third kappa shape index (κ3) is 13.8. The first-order valence-corrected chi connectivity index (χ1v) is 5.93. The fourth-order valence-electron chi connectivity index (χ4n) is 1.28. The molecule has 72 valence electrons. The van der Waals surface area contributed by atoms with Gasteiger partial charge in [0.05, 0.1) is 0 Å².